The number of hydrogen-bond acceptors (Lipinski definition) is 4. The van der Waals surface area contributed by atoms with E-state index >= 15 is 0 Å². The Kier molecular flexibility index (Phi) is 6.57. The highest BCUT2D eigenvalue weighted by atomic mass is 19.1. The van der Waals surface area contributed by atoms with Crippen molar-refractivity contribution in [3.8, 4) is 0 Å². The van der Waals surface area contributed by atoms with E-state index in [0.29, 0.717) is 30.8 Å². The van der Waals surface area contributed by atoms with Crippen molar-refractivity contribution in [2.75, 3.05) is 18.0 Å². The number of nitrogens with zero attached hydrogens (tertiary/aromatic N) is 1. The summed E-state index contributed by atoms with van der Waals surface area (Å²) in [5, 5.41) is 5.62. The Bertz CT molecular complexity index is 771. The number of rotatable bonds is 6. The molecule has 28 heavy (non-hydrogen) atoms. The van der Waals surface area contributed by atoms with Gasteiger partial charge in [-0.25, -0.2) is 9.18 Å². The lowest BCUT2D eigenvalue weighted by molar-refractivity contribution is -0.00539. The third kappa shape index (κ3) is 5.48. The van der Waals surface area contributed by atoms with Crippen LogP contribution >= 0.6 is 0 Å². The monoisotopic (exact) mass is 389 g/mol. The molecular formula is C21H28FN3O3. The number of nitrogens with one attached hydrogen (secondary N) is 2. The summed E-state index contributed by atoms with van der Waals surface area (Å²) >= 11 is 0. The number of ether oxygens (including phenoxy) is 1. The minimum Gasteiger partial charge on any atom is -0.469 e. The molecule has 3 rings (SSSR count). The Labute approximate surface area is 165 Å². The van der Waals surface area contributed by atoms with Gasteiger partial charge < -0.3 is 24.7 Å². The molecule has 1 saturated heterocycles. The molecule has 0 bridgehead atoms. The van der Waals surface area contributed by atoms with Crippen LogP contribution in [0.3, 0.4) is 0 Å². The zero-order valence-corrected chi connectivity index (χ0v) is 16.6. The van der Waals surface area contributed by atoms with Crippen molar-refractivity contribution in [3.63, 3.8) is 0 Å². The van der Waals surface area contributed by atoms with Crippen LogP contribution in [0.25, 0.3) is 0 Å². The molecule has 3 unspecified atom stereocenters. The van der Waals surface area contributed by atoms with E-state index in [1.807, 2.05) is 43.9 Å². The van der Waals surface area contributed by atoms with Gasteiger partial charge in [-0.15, -0.1) is 0 Å². The highest BCUT2D eigenvalue weighted by Gasteiger charge is 2.24. The van der Waals surface area contributed by atoms with Crippen LogP contribution in [0.1, 0.15) is 32.1 Å². The Hall–Kier alpha value is -2.54. The molecule has 1 fully saturated rings. The molecule has 152 valence electrons. The number of halogens is 1. The second-order valence-corrected chi connectivity index (χ2v) is 7.46. The molecule has 6 nitrogen and oxygen atoms in total. The molecular weight excluding hydrogens is 361 g/mol. The van der Waals surface area contributed by atoms with Crippen LogP contribution < -0.4 is 15.5 Å². The minimum absolute atomic E-state index is 0.0661. The van der Waals surface area contributed by atoms with Crippen LogP contribution in [-0.2, 0) is 17.7 Å². The molecule has 7 heteroatoms. The van der Waals surface area contributed by atoms with Crippen molar-refractivity contribution >= 4 is 11.7 Å². The van der Waals surface area contributed by atoms with E-state index in [9.17, 15) is 9.18 Å². The number of furan rings is 1. The summed E-state index contributed by atoms with van der Waals surface area (Å²) < 4.78 is 25.6. The van der Waals surface area contributed by atoms with Gasteiger partial charge in [-0.3, -0.25) is 0 Å². The molecule has 2 N–H and O–H groups in total. The highest BCUT2D eigenvalue weighted by molar-refractivity contribution is 5.74. The molecule has 3 atom stereocenters. The van der Waals surface area contributed by atoms with Gasteiger partial charge in [0.2, 0.25) is 0 Å². The van der Waals surface area contributed by atoms with E-state index in [2.05, 4.69) is 10.6 Å². The lowest BCUT2D eigenvalue weighted by Crippen LogP contribution is -2.45. The molecule has 1 aliphatic heterocycles. The number of carbonyl (C=O) groups is 1. The SMILES string of the molecule is CC(Cc1ccco1)NC(=O)NCc1ccc(N2CC(C)OC(C)C2)c(F)c1. The lowest BCUT2D eigenvalue weighted by Gasteiger charge is -2.37. The molecule has 1 aromatic heterocycles. The van der Waals surface area contributed by atoms with Gasteiger partial charge in [0.05, 0.1) is 24.2 Å². The van der Waals surface area contributed by atoms with Crippen LogP contribution in [0.5, 0.6) is 0 Å². The standard InChI is InChI=1S/C21H28FN3O3/c1-14(9-18-5-4-8-27-18)24-21(26)23-11-17-6-7-20(19(22)10-17)25-12-15(2)28-16(3)13-25/h4-8,10,14-16H,9,11-13H2,1-3H3,(H2,23,24,26). The molecule has 2 heterocycles. The van der Waals surface area contributed by atoms with E-state index in [1.165, 1.54) is 6.07 Å². The van der Waals surface area contributed by atoms with Crippen LogP contribution in [0.15, 0.2) is 41.0 Å². The Morgan fingerprint density at radius 1 is 1.29 bits per heavy atom. The van der Waals surface area contributed by atoms with Crippen molar-refractivity contribution in [2.45, 2.75) is 52.0 Å². The van der Waals surface area contributed by atoms with Gasteiger partial charge in [0.25, 0.3) is 0 Å². The predicted octanol–water partition coefficient (Wildman–Crippen LogP) is 3.46. The fourth-order valence-electron chi connectivity index (χ4n) is 3.53. The third-order valence-corrected chi connectivity index (χ3v) is 4.69. The summed E-state index contributed by atoms with van der Waals surface area (Å²) in [7, 11) is 0. The van der Waals surface area contributed by atoms with Crippen molar-refractivity contribution in [1.29, 1.82) is 0 Å². The average Bonchev–Trinajstić information content (AvgIpc) is 3.12. The molecule has 0 aliphatic carbocycles. The van der Waals surface area contributed by atoms with Gasteiger partial charge in [0, 0.05) is 32.1 Å². The van der Waals surface area contributed by atoms with Gasteiger partial charge in [0.15, 0.2) is 0 Å². The Balaban J connectivity index is 1.50. The maximum Gasteiger partial charge on any atom is 0.315 e. The fourth-order valence-corrected chi connectivity index (χ4v) is 3.53. The maximum atomic E-state index is 14.6. The lowest BCUT2D eigenvalue weighted by atomic mass is 10.1. The van der Waals surface area contributed by atoms with Gasteiger partial charge in [0.1, 0.15) is 11.6 Å². The first-order chi connectivity index (χ1) is 13.4. The van der Waals surface area contributed by atoms with Crippen molar-refractivity contribution < 1.29 is 18.3 Å². The van der Waals surface area contributed by atoms with E-state index in [4.69, 9.17) is 9.15 Å². The molecule has 0 radical (unpaired) electrons. The Morgan fingerprint density at radius 2 is 2.04 bits per heavy atom. The minimum atomic E-state index is -0.292. The molecule has 1 aromatic carbocycles. The molecule has 2 aromatic rings. The number of hydrogen-bond donors (Lipinski definition) is 2. The molecule has 0 saturated carbocycles. The third-order valence-electron chi connectivity index (χ3n) is 4.69. The fraction of sp³-hybridized carbons (Fsp3) is 0.476. The summed E-state index contributed by atoms with van der Waals surface area (Å²) in [5.74, 6) is 0.532. The van der Waals surface area contributed by atoms with E-state index < -0.39 is 0 Å². The van der Waals surface area contributed by atoms with Crippen LogP contribution in [0.2, 0.25) is 0 Å². The van der Waals surface area contributed by atoms with E-state index in [0.717, 1.165) is 5.76 Å². The van der Waals surface area contributed by atoms with Crippen LogP contribution in [-0.4, -0.2) is 37.4 Å². The first-order valence-corrected chi connectivity index (χ1v) is 9.66. The number of carbonyl (C=O) groups excluding carboxylic acids is 1. The van der Waals surface area contributed by atoms with Crippen molar-refractivity contribution in [2.24, 2.45) is 0 Å². The predicted molar refractivity (Wildman–Crippen MR) is 106 cm³/mol. The van der Waals surface area contributed by atoms with E-state index in [-0.39, 0.29) is 36.6 Å². The quantitative estimate of drug-likeness (QED) is 0.794. The van der Waals surface area contributed by atoms with Crippen LogP contribution in [0.4, 0.5) is 14.9 Å². The highest BCUT2D eigenvalue weighted by Crippen LogP contribution is 2.24. The summed E-state index contributed by atoms with van der Waals surface area (Å²) in [5.41, 5.74) is 1.28. The van der Waals surface area contributed by atoms with Crippen LogP contribution in [0, 0.1) is 5.82 Å². The first-order valence-electron chi connectivity index (χ1n) is 9.66. The van der Waals surface area contributed by atoms with Crippen molar-refractivity contribution in [1.82, 2.24) is 10.6 Å². The summed E-state index contributed by atoms with van der Waals surface area (Å²) in [6.45, 7) is 7.46. The van der Waals surface area contributed by atoms with Gasteiger partial charge in [-0.2, -0.15) is 0 Å². The number of anilines is 1. The normalized spacial score (nSPS) is 20.6. The number of benzene rings is 1. The van der Waals surface area contributed by atoms with Gasteiger partial charge in [-0.1, -0.05) is 6.07 Å². The zero-order chi connectivity index (χ0) is 20.1. The summed E-state index contributed by atoms with van der Waals surface area (Å²) in [6, 6.07) is 8.42. The molecule has 0 spiro atoms. The number of morpholine rings is 1. The second-order valence-electron chi connectivity index (χ2n) is 7.46. The maximum absolute atomic E-state index is 14.6. The smallest absolute Gasteiger partial charge is 0.315 e. The Morgan fingerprint density at radius 3 is 2.68 bits per heavy atom. The van der Waals surface area contributed by atoms with E-state index in [1.54, 1.807) is 12.3 Å². The van der Waals surface area contributed by atoms with Gasteiger partial charge in [-0.05, 0) is 50.6 Å². The molecule has 2 amide bonds. The summed E-state index contributed by atoms with van der Waals surface area (Å²) in [4.78, 5) is 14.1. The first kappa shape index (κ1) is 20.2. The van der Waals surface area contributed by atoms with Crippen molar-refractivity contribution in [3.05, 3.63) is 53.7 Å². The van der Waals surface area contributed by atoms with Gasteiger partial charge >= 0.3 is 6.03 Å². The summed E-state index contributed by atoms with van der Waals surface area (Å²) in [6.07, 6.45) is 2.35. The average molecular weight is 389 g/mol. The zero-order valence-electron chi connectivity index (χ0n) is 16.6. The molecule has 1 aliphatic rings. The number of urea groups is 1. The second kappa shape index (κ2) is 9.10. The number of amides is 2. The topological polar surface area (TPSA) is 66.7 Å². The largest absolute Gasteiger partial charge is 0.469 e.